The van der Waals surface area contributed by atoms with E-state index in [-0.39, 0.29) is 12.3 Å². The van der Waals surface area contributed by atoms with Gasteiger partial charge in [-0.3, -0.25) is 10.1 Å². The molecule has 3 aromatic rings. The predicted octanol–water partition coefficient (Wildman–Crippen LogP) is 1.38. The maximum atomic E-state index is 11.9. The molecule has 0 atom stereocenters. The molecule has 2 heterocycles. The smallest absolute Gasteiger partial charge is 0.321 e. The second-order valence-corrected chi connectivity index (χ2v) is 6.42. The summed E-state index contributed by atoms with van der Waals surface area (Å²) in [6.07, 6.45) is 1.50. The average Bonchev–Trinajstić information content (AvgIpc) is 3.34. The van der Waals surface area contributed by atoms with Gasteiger partial charge in [-0.05, 0) is 24.3 Å². The van der Waals surface area contributed by atoms with Crippen LogP contribution in [0, 0.1) is 0 Å². The molecule has 0 radical (unpaired) electrons. The minimum absolute atomic E-state index is 0.0601. The number of nitrogens with zero attached hydrogens (tertiary/aromatic N) is 3. The van der Waals surface area contributed by atoms with Gasteiger partial charge in [0.05, 0.1) is 31.2 Å². The molecule has 0 saturated carbocycles. The Kier molecular flexibility index (Phi) is 6.17. The van der Waals surface area contributed by atoms with Crippen molar-refractivity contribution in [3.8, 4) is 17.1 Å². The number of nitrogen functional groups attached to an aromatic ring is 1. The molecule has 28 heavy (non-hydrogen) atoms. The standard InChI is InChI=1S/C17H18N6O4S/c1-26-13-7-3-2-6-12(13)15-21-22-17(23(15)18)28-10-14(24)20-16(25)19-9-11-5-4-8-27-11/h2-8H,9-10,18H2,1H3,(H2,19,20,24,25). The number of hydrogen-bond acceptors (Lipinski definition) is 8. The van der Waals surface area contributed by atoms with Crippen LogP contribution in [0.3, 0.4) is 0 Å². The Labute approximate surface area is 164 Å². The van der Waals surface area contributed by atoms with Crippen LogP contribution >= 0.6 is 11.8 Å². The van der Waals surface area contributed by atoms with Gasteiger partial charge in [0.1, 0.15) is 11.5 Å². The molecule has 0 aliphatic carbocycles. The molecule has 11 heteroatoms. The van der Waals surface area contributed by atoms with Crippen LogP contribution in [0.15, 0.2) is 52.2 Å². The highest BCUT2D eigenvalue weighted by Gasteiger charge is 2.17. The lowest BCUT2D eigenvalue weighted by molar-refractivity contribution is -0.117. The van der Waals surface area contributed by atoms with E-state index in [1.807, 2.05) is 12.1 Å². The molecule has 0 bridgehead atoms. The number of rotatable bonds is 7. The summed E-state index contributed by atoms with van der Waals surface area (Å²) in [7, 11) is 1.55. The highest BCUT2D eigenvalue weighted by Crippen LogP contribution is 2.29. The second-order valence-electron chi connectivity index (χ2n) is 5.48. The summed E-state index contributed by atoms with van der Waals surface area (Å²) < 4.78 is 11.7. The molecule has 10 nitrogen and oxygen atoms in total. The number of para-hydroxylation sites is 1. The van der Waals surface area contributed by atoms with Crippen molar-refractivity contribution in [2.24, 2.45) is 0 Å². The minimum Gasteiger partial charge on any atom is -0.496 e. The number of nitrogens with two attached hydrogens (primary N) is 1. The first-order valence-electron chi connectivity index (χ1n) is 8.15. The number of aromatic nitrogens is 3. The van der Waals surface area contributed by atoms with Crippen LogP contribution in [0.25, 0.3) is 11.4 Å². The fourth-order valence-corrected chi connectivity index (χ4v) is 2.96. The Bertz CT molecular complexity index is 956. The summed E-state index contributed by atoms with van der Waals surface area (Å²) in [5, 5.41) is 13.1. The van der Waals surface area contributed by atoms with Gasteiger partial charge in [-0.1, -0.05) is 23.9 Å². The average molecular weight is 402 g/mol. The number of imide groups is 1. The molecule has 0 saturated heterocycles. The summed E-state index contributed by atoms with van der Waals surface area (Å²) in [5.74, 6) is 7.07. The molecule has 3 amide bonds. The van der Waals surface area contributed by atoms with Gasteiger partial charge < -0.3 is 20.3 Å². The first-order chi connectivity index (χ1) is 13.6. The van der Waals surface area contributed by atoms with Crippen LogP contribution < -0.4 is 21.2 Å². The van der Waals surface area contributed by atoms with Gasteiger partial charge in [-0.2, -0.15) is 0 Å². The van der Waals surface area contributed by atoms with Crippen molar-refractivity contribution >= 4 is 23.7 Å². The monoisotopic (exact) mass is 402 g/mol. The lowest BCUT2D eigenvalue weighted by atomic mass is 10.2. The Morgan fingerprint density at radius 1 is 1.25 bits per heavy atom. The molecule has 0 aliphatic rings. The van der Waals surface area contributed by atoms with Crippen LogP contribution in [0.1, 0.15) is 5.76 Å². The molecule has 0 aliphatic heterocycles. The van der Waals surface area contributed by atoms with Crippen LogP contribution in [0.5, 0.6) is 5.75 Å². The van der Waals surface area contributed by atoms with Crippen molar-refractivity contribution in [1.29, 1.82) is 0 Å². The predicted molar refractivity (Wildman–Crippen MR) is 102 cm³/mol. The van der Waals surface area contributed by atoms with Crippen LogP contribution in [0.2, 0.25) is 0 Å². The Hall–Kier alpha value is -3.47. The highest BCUT2D eigenvalue weighted by atomic mass is 32.2. The number of thioether (sulfide) groups is 1. The third kappa shape index (κ3) is 4.62. The minimum atomic E-state index is -0.620. The van der Waals surface area contributed by atoms with Gasteiger partial charge in [0, 0.05) is 0 Å². The Balaban J connectivity index is 1.54. The van der Waals surface area contributed by atoms with Gasteiger partial charge in [0.15, 0.2) is 5.82 Å². The Morgan fingerprint density at radius 2 is 2.07 bits per heavy atom. The molecule has 146 valence electrons. The van der Waals surface area contributed by atoms with Crippen LogP contribution in [-0.2, 0) is 11.3 Å². The van der Waals surface area contributed by atoms with Crippen molar-refractivity contribution in [2.45, 2.75) is 11.7 Å². The van der Waals surface area contributed by atoms with E-state index in [4.69, 9.17) is 15.0 Å². The van der Waals surface area contributed by atoms with Crippen molar-refractivity contribution in [3.05, 3.63) is 48.4 Å². The van der Waals surface area contributed by atoms with E-state index in [2.05, 4.69) is 20.8 Å². The zero-order chi connectivity index (χ0) is 19.9. The molecule has 2 aromatic heterocycles. The number of furan rings is 1. The first-order valence-corrected chi connectivity index (χ1v) is 9.13. The van der Waals surface area contributed by atoms with E-state index in [0.717, 1.165) is 11.8 Å². The maximum absolute atomic E-state index is 11.9. The fourth-order valence-electron chi connectivity index (χ4n) is 2.31. The first kappa shape index (κ1) is 19.3. The van der Waals surface area contributed by atoms with Gasteiger partial charge in [-0.25, -0.2) is 9.47 Å². The van der Waals surface area contributed by atoms with Gasteiger partial charge in [0.25, 0.3) is 0 Å². The zero-order valence-electron chi connectivity index (χ0n) is 14.9. The molecule has 0 fully saturated rings. The normalized spacial score (nSPS) is 10.5. The number of nitrogens with one attached hydrogen (secondary N) is 2. The van der Waals surface area contributed by atoms with Crippen molar-refractivity contribution < 1.29 is 18.7 Å². The molecular weight excluding hydrogens is 384 g/mol. The quantitative estimate of drug-likeness (QED) is 0.398. The van der Waals surface area contributed by atoms with Crippen molar-refractivity contribution in [1.82, 2.24) is 25.5 Å². The molecular formula is C17H18N6O4S. The van der Waals surface area contributed by atoms with E-state index in [0.29, 0.717) is 28.1 Å². The lowest BCUT2D eigenvalue weighted by Gasteiger charge is -2.08. The topological polar surface area (TPSA) is 137 Å². The van der Waals surface area contributed by atoms with Gasteiger partial charge in [0.2, 0.25) is 11.1 Å². The number of carbonyl (C=O) groups is 2. The number of hydrogen-bond donors (Lipinski definition) is 3. The van der Waals surface area contributed by atoms with Crippen LogP contribution in [-0.4, -0.2) is 39.7 Å². The summed E-state index contributed by atoms with van der Waals surface area (Å²) in [5.41, 5.74) is 0.675. The van der Waals surface area contributed by atoms with Crippen molar-refractivity contribution in [2.75, 3.05) is 18.7 Å². The third-order valence-electron chi connectivity index (χ3n) is 3.60. The largest absolute Gasteiger partial charge is 0.496 e. The number of ether oxygens (including phenoxy) is 1. The summed E-state index contributed by atoms with van der Waals surface area (Å²) in [6, 6.07) is 10.0. The molecule has 0 spiro atoms. The molecule has 3 rings (SSSR count). The number of amides is 3. The highest BCUT2D eigenvalue weighted by molar-refractivity contribution is 7.99. The van der Waals surface area contributed by atoms with Gasteiger partial charge in [-0.15, -0.1) is 10.2 Å². The molecule has 1 aromatic carbocycles. The zero-order valence-corrected chi connectivity index (χ0v) is 15.7. The number of carbonyl (C=O) groups excluding carboxylic acids is 2. The van der Waals surface area contributed by atoms with Gasteiger partial charge >= 0.3 is 6.03 Å². The number of urea groups is 1. The maximum Gasteiger partial charge on any atom is 0.321 e. The van der Waals surface area contributed by atoms with E-state index in [1.165, 1.54) is 10.9 Å². The molecule has 0 unspecified atom stereocenters. The van der Waals surface area contributed by atoms with E-state index in [1.54, 1.807) is 31.4 Å². The number of methoxy groups -OCH3 is 1. The van der Waals surface area contributed by atoms with Crippen LogP contribution in [0.4, 0.5) is 4.79 Å². The number of benzene rings is 1. The summed E-state index contributed by atoms with van der Waals surface area (Å²) in [6.45, 7) is 0.179. The van der Waals surface area contributed by atoms with E-state index >= 15 is 0 Å². The van der Waals surface area contributed by atoms with E-state index < -0.39 is 11.9 Å². The summed E-state index contributed by atoms with van der Waals surface area (Å²) in [4.78, 5) is 23.7. The fraction of sp³-hybridized carbons (Fsp3) is 0.176. The van der Waals surface area contributed by atoms with Crippen molar-refractivity contribution in [3.63, 3.8) is 0 Å². The SMILES string of the molecule is COc1ccccc1-c1nnc(SCC(=O)NC(=O)NCc2ccco2)n1N. The Morgan fingerprint density at radius 3 is 2.82 bits per heavy atom. The third-order valence-corrected chi connectivity index (χ3v) is 4.54. The van der Waals surface area contributed by atoms with E-state index in [9.17, 15) is 9.59 Å². The molecule has 4 N–H and O–H groups in total. The lowest BCUT2D eigenvalue weighted by Crippen LogP contribution is -2.39. The summed E-state index contributed by atoms with van der Waals surface area (Å²) >= 11 is 1.05. The second kappa shape index (κ2) is 8.95.